The summed E-state index contributed by atoms with van der Waals surface area (Å²) in [6.45, 7) is 5.81. The minimum atomic E-state index is -0.607. The van der Waals surface area contributed by atoms with Gasteiger partial charge in [0.15, 0.2) is 5.82 Å². The van der Waals surface area contributed by atoms with Gasteiger partial charge in [0.25, 0.3) is 0 Å². The molecular weight excluding hydrogens is 529 g/mol. The van der Waals surface area contributed by atoms with Crippen LogP contribution in [-0.4, -0.2) is 48.1 Å². The molecule has 5 rings (SSSR count). The average Bonchev–Trinajstić information content (AvgIpc) is 2.96. The number of anilines is 5. The summed E-state index contributed by atoms with van der Waals surface area (Å²) in [7, 11) is 2.14. The van der Waals surface area contributed by atoms with Crippen LogP contribution in [-0.2, 0) is 0 Å². The van der Waals surface area contributed by atoms with Crippen molar-refractivity contribution in [3.8, 4) is 11.8 Å². The standard InChI is InChI=1S/C30H29ClFN7O/c1-20(23-6-3-4-7-26(23)32)40-28-9-5-8-27(24(28)18-33)36-29-25(31)19-34-30(37-29)35-21-10-12-22(13-11-21)39-16-14-38(2)15-17-39/h3-13,19-20H,14-17H2,1-2H3,(H2,34,35,36,37). The molecule has 3 aromatic carbocycles. The SMILES string of the molecule is CC(Oc1cccc(Nc2nc(Nc3ccc(N4CCN(C)CC4)cc3)ncc2Cl)c1C#N)c1ccccc1F. The minimum absolute atomic E-state index is 0.245. The Morgan fingerprint density at radius 1 is 1.00 bits per heavy atom. The number of halogens is 2. The smallest absolute Gasteiger partial charge is 0.229 e. The summed E-state index contributed by atoms with van der Waals surface area (Å²) in [5, 5.41) is 16.6. The number of benzene rings is 3. The lowest BCUT2D eigenvalue weighted by atomic mass is 10.1. The third-order valence-corrected chi connectivity index (χ3v) is 7.05. The van der Waals surface area contributed by atoms with E-state index in [1.54, 1.807) is 43.3 Å². The van der Waals surface area contributed by atoms with E-state index in [0.717, 1.165) is 31.9 Å². The van der Waals surface area contributed by atoms with Crippen LogP contribution in [0.25, 0.3) is 0 Å². The fraction of sp³-hybridized carbons (Fsp3) is 0.233. The molecule has 1 atom stereocenters. The van der Waals surface area contributed by atoms with Crippen LogP contribution in [0, 0.1) is 17.1 Å². The number of nitriles is 1. The van der Waals surface area contributed by atoms with Crippen LogP contribution in [0.2, 0.25) is 5.02 Å². The van der Waals surface area contributed by atoms with E-state index in [2.05, 4.69) is 55.7 Å². The van der Waals surface area contributed by atoms with Crippen LogP contribution in [0.4, 0.5) is 33.2 Å². The molecule has 8 nitrogen and oxygen atoms in total. The van der Waals surface area contributed by atoms with Gasteiger partial charge in [-0.25, -0.2) is 9.37 Å². The Hall–Kier alpha value is -4.39. The number of nitrogens with zero attached hydrogens (tertiary/aromatic N) is 5. The van der Waals surface area contributed by atoms with Crippen molar-refractivity contribution in [1.82, 2.24) is 14.9 Å². The van der Waals surface area contributed by atoms with Gasteiger partial charge in [0, 0.05) is 43.1 Å². The molecule has 40 heavy (non-hydrogen) atoms. The van der Waals surface area contributed by atoms with Gasteiger partial charge in [-0.15, -0.1) is 0 Å². The predicted molar refractivity (Wildman–Crippen MR) is 156 cm³/mol. The van der Waals surface area contributed by atoms with Crippen LogP contribution in [0.5, 0.6) is 5.75 Å². The molecule has 4 aromatic rings. The topological polar surface area (TPSA) is 89.3 Å². The van der Waals surface area contributed by atoms with Crippen LogP contribution in [0.1, 0.15) is 24.2 Å². The molecule has 2 heterocycles. The van der Waals surface area contributed by atoms with Gasteiger partial charge in [-0.1, -0.05) is 35.9 Å². The molecule has 0 radical (unpaired) electrons. The summed E-state index contributed by atoms with van der Waals surface area (Å²) in [5.41, 5.74) is 3.10. The van der Waals surface area contributed by atoms with Crippen molar-refractivity contribution < 1.29 is 9.13 Å². The molecule has 0 saturated carbocycles. The van der Waals surface area contributed by atoms with Crippen molar-refractivity contribution in [2.24, 2.45) is 0 Å². The maximum Gasteiger partial charge on any atom is 0.229 e. The van der Waals surface area contributed by atoms with Gasteiger partial charge >= 0.3 is 0 Å². The monoisotopic (exact) mass is 557 g/mol. The summed E-state index contributed by atoms with van der Waals surface area (Å²) in [6, 6.07) is 21.8. The second kappa shape index (κ2) is 12.2. The molecule has 0 aliphatic carbocycles. The number of hydrogen-bond acceptors (Lipinski definition) is 8. The van der Waals surface area contributed by atoms with Gasteiger partial charge in [-0.3, -0.25) is 0 Å². The number of nitrogens with one attached hydrogen (secondary N) is 2. The molecule has 1 aliphatic rings. The van der Waals surface area contributed by atoms with E-state index in [4.69, 9.17) is 16.3 Å². The molecule has 1 saturated heterocycles. The quantitative estimate of drug-likeness (QED) is 0.253. The molecule has 204 valence electrons. The van der Waals surface area contributed by atoms with Crippen molar-refractivity contribution in [2.75, 3.05) is 48.8 Å². The second-order valence-corrected chi connectivity index (χ2v) is 9.96. The largest absolute Gasteiger partial charge is 0.484 e. The molecular formula is C30H29ClFN7O. The fourth-order valence-corrected chi connectivity index (χ4v) is 4.64. The molecule has 0 amide bonds. The van der Waals surface area contributed by atoms with Gasteiger partial charge in [0.1, 0.15) is 34.3 Å². The fourth-order valence-electron chi connectivity index (χ4n) is 4.50. The first-order valence-corrected chi connectivity index (χ1v) is 13.3. The number of rotatable bonds is 8. The highest BCUT2D eigenvalue weighted by Crippen LogP contribution is 2.33. The molecule has 1 fully saturated rings. The van der Waals surface area contributed by atoms with Crippen molar-refractivity contribution in [2.45, 2.75) is 13.0 Å². The first-order chi connectivity index (χ1) is 19.4. The van der Waals surface area contributed by atoms with E-state index >= 15 is 0 Å². The van der Waals surface area contributed by atoms with Crippen LogP contribution < -0.4 is 20.3 Å². The first kappa shape index (κ1) is 27.2. The molecule has 1 unspecified atom stereocenters. The predicted octanol–water partition coefficient (Wildman–Crippen LogP) is 6.52. The number of likely N-dealkylation sites (N-methyl/N-ethyl adjacent to an activating group) is 1. The van der Waals surface area contributed by atoms with Gasteiger partial charge < -0.3 is 25.2 Å². The number of hydrogen-bond donors (Lipinski definition) is 2. The summed E-state index contributed by atoms with van der Waals surface area (Å²) in [6.07, 6.45) is 0.884. The average molecular weight is 558 g/mol. The molecule has 1 aromatic heterocycles. The lowest BCUT2D eigenvalue weighted by Gasteiger charge is -2.34. The van der Waals surface area contributed by atoms with E-state index in [1.165, 1.54) is 18.0 Å². The van der Waals surface area contributed by atoms with Crippen molar-refractivity contribution in [3.05, 3.63) is 94.9 Å². The lowest BCUT2D eigenvalue weighted by Crippen LogP contribution is -2.44. The maximum atomic E-state index is 14.3. The van der Waals surface area contributed by atoms with E-state index < -0.39 is 6.10 Å². The normalized spacial score (nSPS) is 14.3. The Morgan fingerprint density at radius 3 is 2.48 bits per heavy atom. The number of piperazine rings is 1. The lowest BCUT2D eigenvalue weighted by molar-refractivity contribution is 0.221. The molecule has 1 aliphatic heterocycles. The van der Waals surface area contributed by atoms with Gasteiger partial charge in [-0.2, -0.15) is 10.2 Å². The highest BCUT2D eigenvalue weighted by atomic mass is 35.5. The Balaban J connectivity index is 1.31. The second-order valence-electron chi connectivity index (χ2n) is 9.55. The molecule has 10 heteroatoms. The third-order valence-electron chi connectivity index (χ3n) is 6.77. The summed E-state index contributed by atoms with van der Waals surface area (Å²) in [4.78, 5) is 13.5. The molecule has 0 spiro atoms. The number of aromatic nitrogens is 2. The van der Waals surface area contributed by atoms with Crippen molar-refractivity contribution in [1.29, 1.82) is 5.26 Å². The highest BCUT2D eigenvalue weighted by molar-refractivity contribution is 6.32. The number of ether oxygens (including phenoxy) is 1. The van der Waals surface area contributed by atoms with E-state index in [-0.39, 0.29) is 16.4 Å². The zero-order valence-electron chi connectivity index (χ0n) is 22.2. The Labute approximate surface area is 238 Å². The summed E-state index contributed by atoms with van der Waals surface area (Å²) >= 11 is 6.40. The minimum Gasteiger partial charge on any atom is -0.484 e. The van der Waals surface area contributed by atoms with Crippen LogP contribution in [0.3, 0.4) is 0 Å². The highest BCUT2D eigenvalue weighted by Gasteiger charge is 2.18. The van der Waals surface area contributed by atoms with Gasteiger partial charge in [0.2, 0.25) is 5.95 Å². The summed E-state index contributed by atoms with van der Waals surface area (Å²) in [5.74, 6) is 0.610. The van der Waals surface area contributed by atoms with Crippen molar-refractivity contribution in [3.63, 3.8) is 0 Å². The summed E-state index contributed by atoms with van der Waals surface area (Å²) < 4.78 is 20.2. The van der Waals surface area contributed by atoms with E-state index in [0.29, 0.717) is 28.8 Å². The van der Waals surface area contributed by atoms with Crippen LogP contribution >= 0.6 is 11.6 Å². The van der Waals surface area contributed by atoms with Crippen LogP contribution in [0.15, 0.2) is 72.9 Å². The zero-order chi connectivity index (χ0) is 28.1. The first-order valence-electron chi connectivity index (χ1n) is 13.0. The maximum absolute atomic E-state index is 14.3. The Morgan fingerprint density at radius 2 is 1.75 bits per heavy atom. The zero-order valence-corrected chi connectivity index (χ0v) is 23.0. The van der Waals surface area contributed by atoms with E-state index in [9.17, 15) is 9.65 Å². The van der Waals surface area contributed by atoms with E-state index in [1.807, 2.05) is 12.1 Å². The third kappa shape index (κ3) is 6.25. The van der Waals surface area contributed by atoms with Crippen molar-refractivity contribution >= 4 is 40.4 Å². The Bertz CT molecular complexity index is 1520. The molecule has 2 N–H and O–H groups in total. The van der Waals surface area contributed by atoms with Gasteiger partial charge in [0.05, 0.1) is 11.9 Å². The van der Waals surface area contributed by atoms with Gasteiger partial charge in [-0.05, 0) is 56.4 Å². The Kier molecular flexibility index (Phi) is 8.29. The molecule has 0 bridgehead atoms.